The van der Waals surface area contributed by atoms with Gasteiger partial charge in [0.25, 0.3) is 0 Å². The van der Waals surface area contributed by atoms with Gasteiger partial charge in [0.2, 0.25) is 0 Å². The summed E-state index contributed by atoms with van der Waals surface area (Å²) in [5.41, 5.74) is -0.120. The van der Waals surface area contributed by atoms with E-state index in [0.29, 0.717) is 18.3 Å². The number of carbonyl (C=O) groups is 1. The molecule has 10 atom stereocenters. The molecule has 186 valence electrons. The summed E-state index contributed by atoms with van der Waals surface area (Å²) in [7, 11) is -2.16. The Labute approximate surface area is 200 Å². The molecule has 4 fully saturated rings. The highest BCUT2D eigenvalue weighted by Gasteiger charge is 2.80. The lowest BCUT2D eigenvalue weighted by Gasteiger charge is -2.49. The fraction of sp³-hybridized carbons (Fsp3) is 0.889. The van der Waals surface area contributed by atoms with Gasteiger partial charge in [-0.3, -0.25) is 0 Å². The van der Waals surface area contributed by atoms with Gasteiger partial charge in [0.1, 0.15) is 0 Å². The molecule has 5 aliphatic rings. The minimum atomic E-state index is -2.16. The highest BCUT2D eigenvalue weighted by atomic mass is 28.4. The Hall–Kier alpha value is -0.853. The molecule has 0 aromatic carbocycles. The quantitative estimate of drug-likeness (QED) is 0.304. The molecule has 5 rings (SSSR count). The van der Waals surface area contributed by atoms with E-state index in [4.69, 9.17) is 13.9 Å². The van der Waals surface area contributed by atoms with Crippen LogP contribution in [0.1, 0.15) is 68.2 Å². The zero-order chi connectivity index (χ0) is 24.5. The first kappa shape index (κ1) is 23.9. The minimum Gasteiger partial charge on any atom is -0.426 e. The third-order valence-corrected chi connectivity index (χ3v) is 15.6. The van der Waals surface area contributed by atoms with Gasteiger partial charge in [-0.1, -0.05) is 60.1 Å². The van der Waals surface area contributed by atoms with Crippen LogP contribution in [-0.4, -0.2) is 43.5 Å². The van der Waals surface area contributed by atoms with Crippen LogP contribution in [0.25, 0.3) is 0 Å². The molecule has 1 saturated heterocycles. The molecule has 5 nitrogen and oxygen atoms in total. The zero-order valence-corrected chi connectivity index (χ0v) is 23.2. The maximum absolute atomic E-state index is 12.7. The second-order valence-electron chi connectivity index (χ2n) is 14.2. The van der Waals surface area contributed by atoms with Gasteiger partial charge in [-0.25, -0.2) is 4.79 Å². The molecule has 0 aromatic heterocycles. The summed E-state index contributed by atoms with van der Waals surface area (Å²) in [6, 6.07) is 0. The number of aliphatic hydroxyl groups is 1. The first-order valence-corrected chi connectivity index (χ1v) is 15.9. The molecule has 6 heteroatoms. The molecule has 3 unspecified atom stereocenters. The van der Waals surface area contributed by atoms with E-state index >= 15 is 0 Å². The summed E-state index contributed by atoms with van der Waals surface area (Å²) in [6.07, 6.45) is 2.10. The highest BCUT2D eigenvalue weighted by Crippen LogP contribution is 2.75. The van der Waals surface area contributed by atoms with Crippen molar-refractivity contribution in [1.82, 2.24) is 0 Å². The molecular formula is C27H44O5Si. The Bertz CT molecular complexity index is 903. The van der Waals surface area contributed by atoms with Gasteiger partial charge >= 0.3 is 6.16 Å². The van der Waals surface area contributed by atoms with Crippen molar-refractivity contribution < 1.29 is 23.8 Å². The average molecular weight is 477 g/mol. The summed E-state index contributed by atoms with van der Waals surface area (Å²) in [6.45, 7) is 22.6. The molecule has 0 amide bonds. The van der Waals surface area contributed by atoms with Crippen LogP contribution in [0, 0.1) is 40.4 Å². The van der Waals surface area contributed by atoms with Crippen LogP contribution >= 0.6 is 0 Å². The van der Waals surface area contributed by atoms with E-state index in [0.717, 1.165) is 6.42 Å². The third kappa shape index (κ3) is 2.80. The van der Waals surface area contributed by atoms with Crippen molar-refractivity contribution in [3.05, 3.63) is 11.6 Å². The smallest absolute Gasteiger partial charge is 0.426 e. The largest absolute Gasteiger partial charge is 0.509 e. The number of carbonyl (C=O) groups excluding carboxylic acids is 1. The zero-order valence-electron chi connectivity index (χ0n) is 22.2. The molecule has 0 aromatic rings. The van der Waals surface area contributed by atoms with E-state index in [1.165, 1.54) is 5.57 Å². The fourth-order valence-corrected chi connectivity index (χ4v) is 9.88. The van der Waals surface area contributed by atoms with Gasteiger partial charge in [-0.2, -0.15) is 0 Å². The van der Waals surface area contributed by atoms with Gasteiger partial charge < -0.3 is 19.0 Å². The first-order valence-electron chi connectivity index (χ1n) is 12.9. The van der Waals surface area contributed by atoms with Gasteiger partial charge in [-0.15, -0.1) is 0 Å². The van der Waals surface area contributed by atoms with Gasteiger partial charge in [0, 0.05) is 18.3 Å². The second-order valence-corrected chi connectivity index (χ2v) is 19.0. The van der Waals surface area contributed by atoms with E-state index in [9.17, 15) is 9.90 Å². The number of fused-ring (bicyclic) bond motifs is 3. The van der Waals surface area contributed by atoms with Crippen LogP contribution in [0.4, 0.5) is 4.79 Å². The first-order chi connectivity index (χ1) is 15.0. The SMILES string of the molecule is CC1=C[C@]23C(O)C(C(O[Si](C)(C)C(C)(C)C)[C@H](C)[C@H]4OC(=O)O[C@]42C1)[C@H]1[C@@H](C[C@H]3C)C1(C)C. The molecule has 3 saturated carbocycles. The molecule has 2 spiro atoms. The van der Waals surface area contributed by atoms with Crippen LogP contribution in [0.5, 0.6) is 0 Å². The van der Waals surface area contributed by atoms with Crippen LogP contribution < -0.4 is 0 Å². The topological polar surface area (TPSA) is 65.0 Å². The lowest BCUT2D eigenvalue weighted by Crippen LogP contribution is -2.60. The predicted octanol–water partition coefficient (Wildman–Crippen LogP) is 5.93. The summed E-state index contributed by atoms with van der Waals surface area (Å²) < 4.78 is 19.4. The molecule has 0 radical (unpaired) electrons. The van der Waals surface area contributed by atoms with E-state index in [1.807, 2.05) is 0 Å². The van der Waals surface area contributed by atoms with E-state index in [2.05, 4.69) is 74.6 Å². The van der Waals surface area contributed by atoms with Crippen LogP contribution in [0.2, 0.25) is 18.1 Å². The Kier molecular flexibility index (Phi) is 4.82. The lowest BCUT2D eigenvalue weighted by molar-refractivity contribution is -0.142. The highest BCUT2D eigenvalue weighted by molar-refractivity contribution is 6.74. The molecule has 1 heterocycles. The van der Waals surface area contributed by atoms with E-state index in [1.54, 1.807) is 0 Å². The van der Waals surface area contributed by atoms with E-state index in [-0.39, 0.29) is 34.3 Å². The Balaban J connectivity index is 1.72. The monoisotopic (exact) mass is 476 g/mol. The summed E-state index contributed by atoms with van der Waals surface area (Å²) in [4.78, 5) is 12.7. The molecule has 1 N–H and O–H groups in total. The van der Waals surface area contributed by atoms with Crippen molar-refractivity contribution in [3.8, 4) is 0 Å². The summed E-state index contributed by atoms with van der Waals surface area (Å²) >= 11 is 0. The number of ether oxygens (including phenoxy) is 2. The van der Waals surface area contributed by atoms with Crippen molar-refractivity contribution in [1.29, 1.82) is 0 Å². The second kappa shape index (κ2) is 6.67. The van der Waals surface area contributed by atoms with Crippen molar-refractivity contribution in [2.24, 2.45) is 40.4 Å². The van der Waals surface area contributed by atoms with Gasteiger partial charge in [0.05, 0.1) is 17.6 Å². The van der Waals surface area contributed by atoms with Crippen LogP contribution in [-0.2, 0) is 13.9 Å². The number of aliphatic hydroxyl groups excluding tert-OH is 1. The molecule has 1 aliphatic heterocycles. The standard InChI is InChI=1S/C27H44O5Si/c1-14-12-26-15(2)11-17-19(25(17,7)8)18(21(26)28)20(32-33(9,10)24(4,5)6)16(3)22-27(26,13-14)31-23(29)30-22/h12,15-22,28H,11,13H2,1-10H3/t15-,16+,17-,18?,19-,20?,21?,22-,26+,27-/m1/s1. The van der Waals surface area contributed by atoms with Crippen molar-refractivity contribution in [3.63, 3.8) is 0 Å². The molecule has 4 aliphatic carbocycles. The Morgan fingerprint density at radius 3 is 2.45 bits per heavy atom. The van der Waals surface area contributed by atoms with Crippen LogP contribution in [0.15, 0.2) is 11.6 Å². The van der Waals surface area contributed by atoms with Gasteiger partial charge in [0.15, 0.2) is 20.0 Å². The van der Waals surface area contributed by atoms with Crippen molar-refractivity contribution in [2.45, 2.75) is 110 Å². The number of rotatable bonds is 2. The van der Waals surface area contributed by atoms with E-state index < -0.39 is 37.7 Å². The van der Waals surface area contributed by atoms with Gasteiger partial charge in [-0.05, 0) is 54.6 Å². The number of hydrogen-bond acceptors (Lipinski definition) is 5. The third-order valence-electron chi connectivity index (χ3n) is 11.2. The van der Waals surface area contributed by atoms with Crippen LogP contribution in [0.3, 0.4) is 0 Å². The normalized spacial score (nSPS) is 50.2. The average Bonchev–Trinajstić information content (AvgIpc) is 2.95. The number of hydrogen-bond donors (Lipinski definition) is 1. The summed E-state index contributed by atoms with van der Waals surface area (Å²) in [5, 5.41) is 12.5. The van der Waals surface area contributed by atoms with Crippen molar-refractivity contribution >= 4 is 14.5 Å². The Morgan fingerprint density at radius 1 is 1.21 bits per heavy atom. The minimum absolute atomic E-state index is 0.00833. The summed E-state index contributed by atoms with van der Waals surface area (Å²) in [5.74, 6) is 1.05. The molecule has 2 bridgehead atoms. The fourth-order valence-electron chi connectivity index (χ4n) is 8.47. The lowest BCUT2D eigenvalue weighted by atomic mass is 9.59. The predicted molar refractivity (Wildman–Crippen MR) is 130 cm³/mol. The maximum Gasteiger partial charge on any atom is 0.509 e. The Morgan fingerprint density at radius 2 is 1.85 bits per heavy atom. The van der Waals surface area contributed by atoms with Crippen molar-refractivity contribution in [2.75, 3.05) is 0 Å². The molecular weight excluding hydrogens is 432 g/mol. The molecule has 33 heavy (non-hydrogen) atoms. The maximum atomic E-state index is 12.7.